The maximum Gasteiger partial charge on any atom is 0.287 e. The molecule has 2 rings (SSSR count). The fourth-order valence-electron chi connectivity index (χ4n) is 1.25. The summed E-state index contributed by atoms with van der Waals surface area (Å²) in [6, 6.07) is 2.74. The number of halogens is 2. The van der Waals surface area contributed by atoms with Crippen molar-refractivity contribution < 1.29 is 14.8 Å². The van der Waals surface area contributed by atoms with Gasteiger partial charge in [-0.1, -0.05) is 23.2 Å². The predicted octanol–water partition coefficient (Wildman–Crippen LogP) is 1.98. The van der Waals surface area contributed by atoms with E-state index in [1.165, 1.54) is 12.1 Å². The molecule has 1 aliphatic rings. The number of nitrogens with zero attached hydrogens (tertiary/aromatic N) is 1. The minimum atomic E-state index is -0.850. The number of carbonyl (C=O) groups excluding carboxylic acids is 2. The molecule has 0 atom stereocenters. The first-order valence-electron chi connectivity index (χ1n) is 3.59. The van der Waals surface area contributed by atoms with Crippen LogP contribution in [0, 0.1) is 0 Å². The lowest BCUT2D eigenvalue weighted by Gasteiger charge is -2.00. The van der Waals surface area contributed by atoms with Crippen LogP contribution in [0.25, 0.3) is 0 Å². The van der Waals surface area contributed by atoms with Crippen LogP contribution in [0.1, 0.15) is 20.7 Å². The third-order valence-electron chi connectivity index (χ3n) is 1.92. The number of carbonyl (C=O) groups is 2. The minimum Gasteiger partial charge on any atom is -0.278 e. The van der Waals surface area contributed by atoms with Gasteiger partial charge in [-0.2, -0.15) is 0 Å². The van der Waals surface area contributed by atoms with Gasteiger partial charge in [0.1, 0.15) is 0 Å². The minimum absolute atomic E-state index is 0.0148. The number of imide groups is 1. The van der Waals surface area contributed by atoms with Crippen molar-refractivity contribution >= 4 is 35.0 Å². The Morgan fingerprint density at radius 3 is 2.43 bits per heavy atom. The Bertz CT molecular complexity index is 458. The average molecular weight is 232 g/mol. The van der Waals surface area contributed by atoms with E-state index >= 15 is 0 Å². The van der Waals surface area contributed by atoms with Gasteiger partial charge in [0.2, 0.25) is 0 Å². The number of fused-ring (bicyclic) bond motifs is 1. The fraction of sp³-hybridized carbons (Fsp3) is 0. The van der Waals surface area contributed by atoms with Gasteiger partial charge in [0, 0.05) is 0 Å². The quantitative estimate of drug-likeness (QED) is 0.549. The zero-order valence-electron chi connectivity index (χ0n) is 6.62. The van der Waals surface area contributed by atoms with Crippen molar-refractivity contribution in [2.75, 3.05) is 0 Å². The standard InChI is InChI=1S/C8H3Cl2NO3/c9-4-2-1-3-5(6(4)10)8(13)11(14)7(3)12/h1-2,14H. The van der Waals surface area contributed by atoms with Crippen molar-refractivity contribution in [3.05, 3.63) is 33.3 Å². The van der Waals surface area contributed by atoms with Crippen molar-refractivity contribution in [1.82, 2.24) is 5.06 Å². The molecular formula is C8H3Cl2NO3. The van der Waals surface area contributed by atoms with Gasteiger partial charge in [-0.25, -0.2) is 0 Å². The molecule has 0 bridgehead atoms. The number of benzene rings is 1. The molecule has 1 heterocycles. The molecule has 1 aromatic rings. The molecule has 4 nitrogen and oxygen atoms in total. The Kier molecular flexibility index (Phi) is 1.99. The molecule has 0 aliphatic carbocycles. The molecule has 6 heteroatoms. The second kappa shape index (κ2) is 2.95. The largest absolute Gasteiger partial charge is 0.287 e. The fourth-order valence-corrected chi connectivity index (χ4v) is 1.65. The van der Waals surface area contributed by atoms with Crippen LogP contribution in [0.3, 0.4) is 0 Å². The molecule has 0 aromatic heterocycles. The molecule has 1 N–H and O–H groups in total. The lowest BCUT2D eigenvalue weighted by atomic mass is 10.1. The number of hydrogen-bond donors (Lipinski definition) is 1. The lowest BCUT2D eigenvalue weighted by molar-refractivity contribution is -0.0327. The van der Waals surface area contributed by atoms with Crippen LogP contribution in [0.15, 0.2) is 12.1 Å². The van der Waals surface area contributed by atoms with E-state index in [1.54, 1.807) is 0 Å². The Balaban J connectivity index is 2.76. The molecule has 0 saturated carbocycles. The van der Waals surface area contributed by atoms with Crippen LogP contribution in [0.5, 0.6) is 0 Å². The second-order valence-electron chi connectivity index (χ2n) is 2.71. The van der Waals surface area contributed by atoms with Crippen LogP contribution in [0.4, 0.5) is 0 Å². The molecule has 1 aliphatic heterocycles. The van der Waals surface area contributed by atoms with E-state index in [2.05, 4.69) is 0 Å². The smallest absolute Gasteiger partial charge is 0.278 e. The molecule has 0 spiro atoms. The highest BCUT2D eigenvalue weighted by Crippen LogP contribution is 2.33. The lowest BCUT2D eigenvalue weighted by Crippen LogP contribution is -2.25. The van der Waals surface area contributed by atoms with Crippen LogP contribution < -0.4 is 0 Å². The summed E-state index contributed by atoms with van der Waals surface area (Å²) in [5.41, 5.74) is 0.0126. The number of rotatable bonds is 0. The van der Waals surface area contributed by atoms with Gasteiger partial charge in [-0.3, -0.25) is 14.8 Å². The van der Waals surface area contributed by atoms with Gasteiger partial charge in [0.05, 0.1) is 21.2 Å². The highest BCUT2D eigenvalue weighted by atomic mass is 35.5. The molecule has 72 valence electrons. The number of hydroxylamine groups is 2. The third kappa shape index (κ3) is 1.05. The van der Waals surface area contributed by atoms with E-state index in [1.807, 2.05) is 0 Å². The van der Waals surface area contributed by atoms with Crippen molar-refractivity contribution in [3.8, 4) is 0 Å². The summed E-state index contributed by atoms with van der Waals surface area (Å²) in [6.45, 7) is 0. The summed E-state index contributed by atoms with van der Waals surface area (Å²) in [7, 11) is 0. The van der Waals surface area contributed by atoms with Gasteiger partial charge in [-0.05, 0) is 12.1 Å². The van der Waals surface area contributed by atoms with Crippen molar-refractivity contribution in [2.24, 2.45) is 0 Å². The zero-order valence-corrected chi connectivity index (χ0v) is 8.13. The Hall–Kier alpha value is -1.10. The van der Waals surface area contributed by atoms with Gasteiger partial charge >= 0.3 is 0 Å². The first-order chi connectivity index (χ1) is 6.54. The topological polar surface area (TPSA) is 57.6 Å². The van der Waals surface area contributed by atoms with Gasteiger partial charge in [0.25, 0.3) is 11.8 Å². The van der Waals surface area contributed by atoms with E-state index in [0.717, 1.165) is 0 Å². The number of hydrogen-bond acceptors (Lipinski definition) is 3. The molecule has 0 fully saturated rings. The first kappa shape index (κ1) is 9.45. The van der Waals surface area contributed by atoms with E-state index in [-0.39, 0.29) is 26.2 Å². The molecule has 0 radical (unpaired) electrons. The van der Waals surface area contributed by atoms with E-state index in [4.69, 9.17) is 28.4 Å². The zero-order chi connectivity index (χ0) is 10.5. The van der Waals surface area contributed by atoms with Crippen LogP contribution in [-0.4, -0.2) is 22.1 Å². The van der Waals surface area contributed by atoms with E-state index in [9.17, 15) is 9.59 Å². The summed E-state index contributed by atoms with van der Waals surface area (Å²) in [5, 5.41) is 9.21. The summed E-state index contributed by atoms with van der Waals surface area (Å²) >= 11 is 11.4. The van der Waals surface area contributed by atoms with Crippen molar-refractivity contribution in [1.29, 1.82) is 0 Å². The first-order valence-corrected chi connectivity index (χ1v) is 4.35. The molecule has 0 unspecified atom stereocenters. The van der Waals surface area contributed by atoms with E-state index in [0.29, 0.717) is 0 Å². The molecular weight excluding hydrogens is 229 g/mol. The van der Waals surface area contributed by atoms with Crippen LogP contribution in [0.2, 0.25) is 10.0 Å². The summed E-state index contributed by atoms with van der Waals surface area (Å²) in [6.07, 6.45) is 0. The Morgan fingerprint density at radius 2 is 1.79 bits per heavy atom. The predicted molar refractivity (Wildman–Crippen MR) is 48.7 cm³/mol. The Morgan fingerprint density at radius 1 is 1.14 bits per heavy atom. The highest BCUT2D eigenvalue weighted by molar-refractivity contribution is 6.45. The van der Waals surface area contributed by atoms with Crippen LogP contribution >= 0.6 is 23.2 Å². The van der Waals surface area contributed by atoms with E-state index < -0.39 is 11.8 Å². The Labute approximate surface area is 88.6 Å². The molecule has 0 saturated heterocycles. The number of amides is 2. The van der Waals surface area contributed by atoms with Crippen molar-refractivity contribution in [3.63, 3.8) is 0 Å². The molecule has 2 amide bonds. The maximum absolute atomic E-state index is 11.3. The summed E-state index contributed by atoms with van der Waals surface area (Å²) in [5.74, 6) is -1.64. The van der Waals surface area contributed by atoms with Crippen molar-refractivity contribution in [2.45, 2.75) is 0 Å². The molecule has 14 heavy (non-hydrogen) atoms. The van der Waals surface area contributed by atoms with Crippen LogP contribution in [-0.2, 0) is 0 Å². The summed E-state index contributed by atoms with van der Waals surface area (Å²) < 4.78 is 0. The average Bonchev–Trinajstić information content (AvgIpc) is 2.38. The van der Waals surface area contributed by atoms with Gasteiger partial charge < -0.3 is 0 Å². The monoisotopic (exact) mass is 231 g/mol. The maximum atomic E-state index is 11.3. The summed E-state index contributed by atoms with van der Waals surface area (Å²) in [4.78, 5) is 22.5. The third-order valence-corrected chi connectivity index (χ3v) is 2.73. The normalized spacial score (nSPS) is 14.9. The van der Waals surface area contributed by atoms with Gasteiger partial charge in [0.15, 0.2) is 0 Å². The van der Waals surface area contributed by atoms with Gasteiger partial charge in [-0.15, -0.1) is 5.06 Å². The second-order valence-corrected chi connectivity index (χ2v) is 3.49. The molecule has 1 aromatic carbocycles. The highest BCUT2D eigenvalue weighted by Gasteiger charge is 2.37. The SMILES string of the molecule is O=C1c2ccc(Cl)c(Cl)c2C(=O)N1O.